The molecule has 0 saturated heterocycles. The Hall–Kier alpha value is -1.71. The van der Waals surface area contributed by atoms with Gasteiger partial charge in [0.05, 0.1) is 0 Å². The molecular formula is C11H12O4. The Balaban J connectivity index is 2.26. The smallest absolute Gasteiger partial charge is 0.308 e. The molecule has 0 N–H and O–H groups in total. The summed E-state index contributed by atoms with van der Waals surface area (Å²) >= 11 is 0. The van der Waals surface area contributed by atoms with Gasteiger partial charge in [0, 0.05) is 26.8 Å². The lowest BCUT2D eigenvalue weighted by molar-refractivity contribution is -0.131. The number of rotatable bonds is 1. The molecule has 0 fully saturated rings. The van der Waals surface area contributed by atoms with Crippen LogP contribution < -0.4 is 14.2 Å². The molecule has 0 unspecified atom stereocenters. The Bertz CT molecular complexity index is 409. The van der Waals surface area contributed by atoms with Crippen LogP contribution in [-0.2, 0) is 4.79 Å². The van der Waals surface area contributed by atoms with Crippen molar-refractivity contribution in [3.63, 3.8) is 0 Å². The molecule has 1 aromatic rings. The van der Waals surface area contributed by atoms with Crippen LogP contribution >= 0.6 is 0 Å². The molecule has 1 aliphatic heterocycles. The molecule has 4 heteroatoms. The average Bonchev–Trinajstić information content (AvgIpc) is 2.36. The van der Waals surface area contributed by atoms with Gasteiger partial charge in [0.2, 0.25) is 5.79 Å². The van der Waals surface area contributed by atoms with E-state index >= 15 is 0 Å². The first kappa shape index (κ1) is 9.83. The van der Waals surface area contributed by atoms with Crippen molar-refractivity contribution in [1.82, 2.24) is 0 Å². The topological polar surface area (TPSA) is 44.8 Å². The van der Waals surface area contributed by atoms with Crippen molar-refractivity contribution in [3.05, 3.63) is 18.2 Å². The van der Waals surface area contributed by atoms with E-state index in [2.05, 4.69) is 0 Å². The predicted molar refractivity (Wildman–Crippen MR) is 53.1 cm³/mol. The maximum atomic E-state index is 10.7. The van der Waals surface area contributed by atoms with E-state index in [9.17, 15) is 4.79 Å². The van der Waals surface area contributed by atoms with Gasteiger partial charge in [-0.2, -0.15) is 0 Å². The largest absolute Gasteiger partial charge is 0.449 e. The lowest BCUT2D eigenvalue weighted by Gasteiger charge is -2.16. The van der Waals surface area contributed by atoms with Crippen molar-refractivity contribution < 1.29 is 19.0 Å². The number of carbonyl (C=O) groups is 1. The van der Waals surface area contributed by atoms with Crippen molar-refractivity contribution in [1.29, 1.82) is 0 Å². The molecule has 0 atom stereocenters. The Morgan fingerprint density at radius 2 is 1.93 bits per heavy atom. The van der Waals surface area contributed by atoms with Crippen molar-refractivity contribution in [2.24, 2.45) is 0 Å². The molecule has 15 heavy (non-hydrogen) atoms. The van der Waals surface area contributed by atoms with Crippen molar-refractivity contribution in [3.8, 4) is 17.2 Å². The molecule has 0 radical (unpaired) electrons. The van der Waals surface area contributed by atoms with Crippen LogP contribution in [0.3, 0.4) is 0 Å². The van der Waals surface area contributed by atoms with Crippen LogP contribution in [0.5, 0.6) is 17.2 Å². The van der Waals surface area contributed by atoms with Gasteiger partial charge in [-0.25, -0.2) is 0 Å². The first-order valence-corrected chi connectivity index (χ1v) is 4.67. The monoisotopic (exact) mass is 208 g/mol. The molecule has 2 rings (SSSR count). The molecule has 0 spiro atoms. The SMILES string of the molecule is CC(=O)Oc1ccc2c(c1)OC(C)(C)O2. The normalized spacial score (nSPS) is 16.2. The van der Waals surface area contributed by atoms with Gasteiger partial charge >= 0.3 is 5.97 Å². The van der Waals surface area contributed by atoms with Gasteiger partial charge in [-0.3, -0.25) is 4.79 Å². The van der Waals surface area contributed by atoms with Crippen LogP contribution in [0, 0.1) is 0 Å². The highest BCUT2D eigenvalue weighted by atomic mass is 16.7. The number of hydrogen-bond acceptors (Lipinski definition) is 4. The van der Waals surface area contributed by atoms with Gasteiger partial charge in [0.25, 0.3) is 0 Å². The number of carbonyl (C=O) groups excluding carboxylic acids is 1. The van der Waals surface area contributed by atoms with Crippen molar-refractivity contribution in [2.75, 3.05) is 0 Å². The molecule has 1 aromatic carbocycles. The van der Waals surface area contributed by atoms with Gasteiger partial charge in [-0.05, 0) is 12.1 Å². The third kappa shape index (κ3) is 2.03. The fraction of sp³-hybridized carbons (Fsp3) is 0.364. The summed E-state index contributed by atoms with van der Waals surface area (Å²) in [5.74, 6) is 0.710. The second-order valence-electron chi connectivity index (χ2n) is 3.81. The summed E-state index contributed by atoms with van der Waals surface area (Å²) in [6, 6.07) is 5.04. The van der Waals surface area contributed by atoms with Crippen LogP contribution in [0.1, 0.15) is 20.8 Å². The fourth-order valence-electron chi connectivity index (χ4n) is 1.43. The molecule has 0 saturated carbocycles. The van der Waals surface area contributed by atoms with Crippen LogP contribution in [0.2, 0.25) is 0 Å². The molecular weight excluding hydrogens is 196 g/mol. The van der Waals surface area contributed by atoms with E-state index in [1.54, 1.807) is 18.2 Å². The van der Waals surface area contributed by atoms with Gasteiger partial charge in [0.1, 0.15) is 5.75 Å². The maximum absolute atomic E-state index is 10.7. The average molecular weight is 208 g/mol. The molecule has 1 aliphatic rings. The van der Waals surface area contributed by atoms with Gasteiger partial charge < -0.3 is 14.2 Å². The Morgan fingerprint density at radius 3 is 2.60 bits per heavy atom. The van der Waals surface area contributed by atoms with E-state index in [4.69, 9.17) is 14.2 Å². The summed E-state index contributed by atoms with van der Waals surface area (Å²) in [5, 5.41) is 0. The van der Waals surface area contributed by atoms with E-state index in [0.29, 0.717) is 17.2 Å². The van der Waals surface area contributed by atoms with Crippen molar-refractivity contribution >= 4 is 5.97 Å². The fourth-order valence-corrected chi connectivity index (χ4v) is 1.43. The second-order valence-corrected chi connectivity index (χ2v) is 3.81. The number of ether oxygens (including phenoxy) is 3. The summed E-state index contributed by atoms with van der Waals surface area (Å²) in [7, 11) is 0. The van der Waals surface area contributed by atoms with Crippen LogP contribution in [0.15, 0.2) is 18.2 Å². The van der Waals surface area contributed by atoms with Gasteiger partial charge in [-0.1, -0.05) is 0 Å². The molecule has 1 heterocycles. The van der Waals surface area contributed by atoms with E-state index in [-0.39, 0.29) is 5.97 Å². The highest BCUT2D eigenvalue weighted by Crippen LogP contribution is 2.41. The third-order valence-corrected chi connectivity index (χ3v) is 1.89. The molecule has 0 aromatic heterocycles. The summed E-state index contributed by atoms with van der Waals surface area (Å²) in [4.78, 5) is 10.7. The van der Waals surface area contributed by atoms with Crippen LogP contribution in [0.25, 0.3) is 0 Å². The van der Waals surface area contributed by atoms with Crippen LogP contribution in [0.4, 0.5) is 0 Å². The molecule has 0 bridgehead atoms. The summed E-state index contributed by atoms with van der Waals surface area (Å²) in [6.07, 6.45) is 0. The predicted octanol–water partition coefficient (Wildman–Crippen LogP) is 2.12. The van der Waals surface area contributed by atoms with Crippen molar-refractivity contribution in [2.45, 2.75) is 26.6 Å². The van der Waals surface area contributed by atoms with Gasteiger partial charge in [-0.15, -0.1) is 0 Å². The maximum Gasteiger partial charge on any atom is 0.308 e. The van der Waals surface area contributed by atoms with E-state index in [1.807, 2.05) is 13.8 Å². The van der Waals surface area contributed by atoms with E-state index < -0.39 is 5.79 Å². The molecule has 80 valence electrons. The first-order chi connectivity index (χ1) is 6.96. The zero-order chi connectivity index (χ0) is 11.1. The highest BCUT2D eigenvalue weighted by molar-refractivity contribution is 5.69. The number of hydrogen-bond donors (Lipinski definition) is 0. The Labute approximate surface area is 87.8 Å². The van der Waals surface area contributed by atoms with Gasteiger partial charge in [0.15, 0.2) is 11.5 Å². The zero-order valence-electron chi connectivity index (χ0n) is 8.87. The Kier molecular flexibility index (Phi) is 2.07. The quantitative estimate of drug-likeness (QED) is 0.523. The molecule has 0 aliphatic carbocycles. The number of fused-ring (bicyclic) bond motifs is 1. The highest BCUT2D eigenvalue weighted by Gasteiger charge is 2.31. The summed E-state index contributed by atoms with van der Waals surface area (Å²) in [6.45, 7) is 4.99. The zero-order valence-corrected chi connectivity index (χ0v) is 8.87. The van der Waals surface area contributed by atoms with E-state index in [1.165, 1.54) is 6.92 Å². The lowest BCUT2D eigenvalue weighted by Crippen LogP contribution is -2.29. The minimum atomic E-state index is -0.656. The third-order valence-electron chi connectivity index (χ3n) is 1.89. The lowest BCUT2D eigenvalue weighted by atomic mass is 10.3. The summed E-state index contributed by atoms with van der Waals surface area (Å²) in [5.41, 5.74) is 0. The number of benzene rings is 1. The first-order valence-electron chi connectivity index (χ1n) is 4.67. The minimum absolute atomic E-state index is 0.354. The molecule has 0 amide bonds. The second kappa shape index (κ2) is 3.15. The Morgan fingerprint density at radius 1 is 1.27 bits per heavy atom. The molecule has 4 nitrogen and oxygen atoms in total. The van der Waals surface area contributed by atoms with Crippen LogP contribution in [-0.4, -0.2) is 11.8 Å². The summed E-state index contributed by atoms with van der Waals surface area (Å²) < 4.78 is 15.9. The van der Waals surface area contributed by atoms with E-state index in [0.717, 1.165) is 0 Å². The standard InChI is InChI=1S/C11H12O4/c1-7(12)13-8-4-5-9-10(6-8)15-11(2,3)14-9/h4-6H,1-3H3. The minimum Gasteiger partial charge on any atom is -0.449 e. The number of esters is 1.